The molecule has 0 aliphatic rings. The van der Waals surface area contributed by atoms with Crippen molar-refractivity contribution in [3.8, 4) is 0 Å². The first-order valence-corrected chi connectivity index (χ1v) is 10.6. The number of nitrogens with one attached hydrogen (secondary N) is 2. The van der Waals surface area contributed by atoms with Crippen LogP contribution in [0, 0.1) is 5.82 Å². The smallest absolute Gasteiger partial charge is 0.269 e. The van der Waals surface area contributed by atoms with E-state index in [1.54, 1.807) is 23.6 Å². The summed E-state index contributed by atoms with van der Waals surface area (Å²) in [6, 6.07) is 13.0. The van der Waals surface area contributed by atoms with E-state index in [0.29, 0.717) is 11.3 Å². The molecule has 164 valence electrons. The van der Waals surface area contributed by atoms with Gasteiger partial charge in [-0.05, 0) is 42.3 Å². The summed E-state index contributed by atoms with van der Waals surface area (Å²) in [6.45, 7) is 3.33. The van der Waals surface area contributed by atoms with E-state index in [2.05, 4.69) is 15.8 Å². The number of halogens is 1. The van der Waals surface area contributed by atoms with Crippen molar-refractivity contribution in [3.63, 3.8) is 0 Å². The van der Waals surface area contributed by atoms with Gasteiger partial charge in [-0.1, -0.05) is 31.2 Å². The molecule has 7 nitrogen and oxygen atoms in total. The van der Waals surface area contributed by atoms with Gasteiger partial charge >= 0.3 is 0 Å². The molecule has 0 unspecified atom stereocenters. The molecule has 0 aliphatic heterocycles. The molecule has 9 heteroatoms. The van der Waals surface area contributed by atoms with Crippen LogP contribution in [0.3, 0.4) is 0 Å². The first kappa shape index (κ1) is 22.8. The minimum atomic E-state index is -0.560. The van der Waals surface area contributed by atoms with E-state index in [9.17, 15) is 18.8 Å². The summed E-state index contributed by atoms with van der Waals surface area (Å²) in [5, 5.41) is 1.90. The first-order valence-electron chi connectivity index (χ1n) is 9.77. The van der Waals surface area contributed by atoms with Gasteiger partial charge in [-0.25, -0.2) is 9.37 Å². The second kappa shape index (κ2) is 10.5. The van der Waals surface area contributed by atoms with E-state index >= 15 is 0 Å². The van der Waals surface area contributed by atoms with Crippen LogP contribution in [0.15, 0.2) is 60.0 Å². The number of carbonyl (C=O) groups excluding carboxylic acids is 3. The molecular weight excluding hydrogens is 431 g/mol. The Morgan fingerprint density at radius 1 is 1.09 bits per heavy atom. The average molecular weight is 453 g/mol. The van der Waals surface area contributed by atoms with Crippen molar-refractivity contribution in [2.45, 2.75) is 20.3 Å². The minimum absolute atomic E-state index is 0.0947. The van der Waals surface area contributed by atoms with Gasteiger partial charge in [0, 0.05) is 23.9 Å². The van der Waals surface area contributed by atoms with Gasteiger partial charge in [0.25, 0.3) is 11.8 Å². The average Bonchev–Trinajstić information content (AvgIpc) is 3.25. The van der Waals surface area contributed by atoms with Crippen LogP contribution in [0.5, 0.6) is 0 Å². The SMILES string of the molecule is CCc1ccc(C(=O)NNC(=O)/C=C/c2csc(N(C(C)=O)c3ccccc3F)n2)cc1. The maximum atomic E-state index is 14.1. The number of anilines is 2. The van der Waals surface area contributed by atoms with E-state index in [1.807, 2.05) is 19.1 Å². The lowest BCUT2D eigenvalue weighted by molar-refractivity contribution is -0.117. The highest BCUT2D eigenvalue weighted by atomic mass is 32.1. The molecule has 32 heavy (non-hydrogen) atoms. The molecule has 2 aromatic carbocycles. The summed E-state index contributed by atoms with van der Waals surface area (Å²) in [5.41, 5.74) is 6.67. The second-order valence-corrected chi connectivity index (χ2v) is 7.52. The molecule has 1 heterocycles. The summed E-state index contributed by atoms with van der Waals surface area (Å²) in [5.74, 6) is -1.94. The van der Waals surface area contributed by atoms with Crippen LogP contribution in [0.1, 0.15) is 35.5 Å². The number of thiazole rings is 1. The van der Waals surface area contributed by atoms with Crippen LogP contribution < -0.4 is 15.8 Å². The van der Waals surface area contributed by atoms with Crippen molar-refractivity contribution in [2.75, 3.05) is 4.90 Å². The molecule has 0 bridgehead atoms. The van der Waals surface area contributed by atoms with E-state index in [1.165, 1.54) is 42.2 Å². The monoisotopic (exact) mass is 452 g/mol. The highest BCUT2D eigenvalue weighted by molar-refractivity contribution is 7.14. The number of hydrogen-bond acceptors (Lipinski definition) is 5. The van der Waals surface area contributed by atoms with E-state index in [4.69, 9.17) is 0 Å². The lowest BCUT2D eigenvalue weighted by Crippen LogP contribution is -2.40. The molecule has 0 saturated carbocycles. The van der Waals surface area contributed by atoms with Crippen molar-refractivity contribution in [2.24, 2.45) is 0 Å². The molecule has 0 saturated heterocycles. The molecule has 3 aromatic rings. The first-order chi connectivity index (χ1) is 15.4. The number of benzene rings is 2. The van der Waals surface area contributed by atoms with Gasteiger partial charge in [-0.2, -0.15) is 0 Å². The highest BCUT2D eigenvalue weighted by Crippen LogP contribution is 2.30. The number of hydrazine groups is 1. The Hall–Kier alpha value is -3.85. The zero-order chi connectivity index (χ0) is 23.1. The normalized spacial score (nSPS) is 10.7. The molecule has 0 aliphatic carbocycles. The number of para-hydroxylation sites is 1. The van der Waals surface area contributed by atoms with E-state index in [0.717, 1.165) is 23.3 Å². The summed E-state index contributed by atoms with van der Waals surface area (Å²) >= 11 is 1.13. The fraction of sp³-hybridized carbons (Fsp3) is 0.130. The van der Waals surface area contributed by atoms with Gasteiger partial charge in [-0.3, -0.25) is 30.1 Å². The van der Waals surface area contributed by atoms with Crippen LogP contribution in [0.2, 0.25) is 0 Å². The van der Waals surface area contributed by atoms with E-state index in [-0.39, 0.29) is 10.8 Å². The minimum Gasteiger partial charge on any atom is -0.274 e. The summed E-state index contributed by atoms with van der Waals surface area (Å²) in [6.07, 6.45) is 3.49. The molecule has 0 atom stereocenters. The predicted molar refractivity (Wildman–Crippen MR) is 122 cm³/mol. The number of amides is 3. The van der Waals surface area contributed by atoms with Crippen molar-refractivity contribution in [1.82, 2.24) is 15.8 Å². The third-order valence-electron chi connectivity index (χ3n) is 4.44. The third-order valence-corrected chi connectivity index (χ3v) is 5.28. The maximum Gasteiger partial charge on any atom is 0.269 e. The zero-order valence-corrected chi connectivity index (χ0v) is 18.3. The number of nitrogens with zero attached hydrogens (tertiary/aromatic N) is 2. The Morgan fingerprint density at radius 2 is 1.81 bits per heavy atom. The Balaban J connectivity index is 1.62. The van der Waals surface area contributed by atoms with Crippen LogP contribution in [-0.4, -0.2) is 22.7 Å². The number of aromatic nitrogens is 1. The quantitative estimate of drug-likeness (QED) is 0.437. The van der Waals surface area contributed by atoms with Crippen molar-refractivity contribution < 1.29 is 18.8 Å². The molecule has 0 spiro atoms. The molecular formula is C23H21FN4O3S. The second-order valence-electron chi connectivity index (χ2n) is 6.69. The molecule has 2 N–H and O–H groups in total. The van der Waals surface area contributed by atoms with Crippen molar-refractivity contribution in [3.05, 3.63) is 82.6 Å². The molecule has 3 amide bonds. The fourth-order valence-electron chi connectivity index (χ4n) is 2.78. The number of hydrogen-bond donors (Lipinski definition) is 2. The number of aryl methyl sites for hydroxylation is 1. The van der Waals surface area contributed by atoms with Crippen molar-refractivity contribution >= 4 is 46.0 Å². The van der Waals surface area contributed by atoms with Gasteiger partial charge in [0.2, 0.25) is 5.91 Å². The number of carbonyl (C=O) groups is 3. The molecule has 0 radical (unpaired) electrons. The Labute approximate surface area is 188 Å². The Morgan fingerprint density at radius 3 is 2.47 bits per heavy atom. The largest absolute Gasteiger partial charge is 0.274 e. The van der Waals surface area contributed by atoms with Crippen LogP contribution in [0.25, 0.3) is 6.08 Å². The predicted octanol–water partition coefficient (Wildman–Crippen LogP) is 4.00. The van der Waals surface area contributed by atoms with Crippen molar-refractivity contribution in [1.29, 1.82) is 0 Å². The Kier molecular flexibility index (Phi) is 7.45. The topological polar surface area (TPSA) is 91.4 Å². The standard InChI is InChI=1S/C23H21FN4O3S/c1-3-16-8-10-17(11-9-16)22(31)27-26-21(30)13-12-18-14-32-23(25-18)28(15(2)29)20-7-5-4-6-19(20)24/h4-14H,3H2,1-2H3,(H,26,30)(H,27,31)/b13-12+. The van der Waals surface area contributed by atoms with Gasteiger partial charge in [0.1, 0.15) is 5.82 Å². The Bertz CT molecular complexity index is 1160. The van der Waals surface area contributed by atoms with Crippen LogP contribution >= 0.6 is 11.3 Å². The highest BCUT2D eigenvalue weighted by Gasteiger charge is 2.20. The molecule has 3 rings (SSSR count). The van der Waals surface area contributed by atoms with Gasteiger partial charge in [0.05, 0.1) is 11.4 Å². The van der Waals surface area contributed by atoms with Gasteiger partial charge in [0.15, 0.2) is 5.13 Å². The lowest BCUT2D eigenvalue weighted by atomic mass is 10.1. The summed E-state index contributed by atoms with van der Waals surface area (Å²) < 4.78 is 14.1. The summed E-state index contributed by atoms with van der Waals surface area (Å²) in [4.78, 5) is 41.6. The molecule has 0 fully saturated rings. The van der Waals surface area contributed by atoms with Crippen LogP contribution in [-0.2, 0) is 16.0 Å². The molecule has 1 aromatic heterocycles. The van der Waals surface area contributed by atoms with Gasteiger partial charge < -0.3 is 0 Å². The fourth-order valence-corrected chi connectivity index (χ4v) is 3.63. The maximum absolute atomic E-state index is 14.1. The van der Waals surface area contributed by atoms with Crippen LogP contribution in [0.4, 0.5) is 15.2 Å². The lowest BCUT2D eigenvalue weighted by Gasteiger charge is -2.18. The van der Waals surface area contributed by atoms with E-state index < -0.39 is 23.5 Å². The van der Waals surface area contributed by atoms with Gasteiger partial charge in [-0.15, -0.1) is 11.3 Å². The number of rotatable bonds is 6. The third kappa shape index (κ3) is 5.64. The zero-order valence-electron chi connectivity index (χ0n) is 17.5. The summed E-state index contributed by atoms with van der Waals surface area (Å²) in [7, 11) is 0.